The van der Waals surface area contributed by atoms with Crippen LogP contribution >= 0.6 is 0 Å². The molecule has 0 spiro atoms. The molecule has 21 heavy (non-hydrogen) atoms. The molecule has 1 fully saturated rings. The van der Waals surface area contributed by atoms with Crippen LogP contribution in [0.2, 0.25) is 0 Å². The van der Waals surface area contributed by atoms with E-state index in [1.807, 2.05) is 31.2 Å². The molecular formula is C15H18N2O4. The first-order valence-electron chi connectivity index (χ1n) is 6.79. The highest BCUT2D eigenvalue weighted by Crippen LogP contribution is 2.28. The Morgan fingerprint density at radius 1 is 1.57 bits per heavy atom. The molecular weight excluding hydrogens is 272 g/mol. The van der Waals surface area contributed by atoms with Crippen LogP contribution in [0.4, 0.5) is 4.79 Å². The highest BCUT2D eigenvalue weighted by atomic mass is 16.6. The van der Waals surface area contributed by atoms with Crippen LogP contribution in [0.25, 0.3) is 0 Å². The summed E-state index contributed by atoms with van der Waals surface area (Å²) in [5.74, 6) is -0.626. The van der Waals surface area contributed by atoms with Crippen LogP contribution in [0.15, 0.2) is 24.3 Å². The second-order valence-electron chi connectivity index (χ2n) is 5.10. The minimum atomic E-state index is -0.808. The fourth-order valence-corrected chi connectivity index (χ4v) is 2.46. The van der Waals surface area contributed by atoms with E-state index in [0.29, 0.717) is 6.29 Å². The molecule has 1 aliphatic rings. The van der Waals surface area contributed by atoms with Crippen LogP contribution in [0.5, 0.6) is 0 Å². The van der Waals surface area contributed by atoms with Crippen molar-refractivity contribution in [3.05, 3.63) is 35.4 Å². The molecule has 1 saturated heterocycles. The third kappa shape index (κ3) is 3.39. The van der Waals surface area contributed by atoms with Crippen LogP contribution in [0.1, 0.15) is 30.1 Å². The van der Waals surface area contributed by atoms with Crippen LogP contribution in [0, 0.1) is 6.92 Å². The van der Waals surface area contributed by atoms with Crippen molar-refractivity contribution in [2.75, 3.05) is 6.54 Å². The zero-order chi connectivity index (χ0) is 15.4. The molecule has 2 amide bonds. The number of ether oxygens (including phenoxy) is 1. The predicted molar refractivity (Wildman–Crippen MR) is 75.4 cm³/mol. The van der Waals surface area contributed by atoms with E-state index in [0.717, 1.165) is 11.1 Å². The molecule has 0 bridgehead atoms. The van der Waals surface area contributed by atoms with E-state index >= 15 is 0 Å². The van der Waals surface area contributed by atoms with Gasteiger partial charge in [-0.1, -0.05) is 29.8 Å². The van der Waals surface area contributed by atoms with Crippen LogP contribution in [0.3, 0.4) is 0 Å². The summed E-state index contributed by atoms with van der Waals surface area (Å²) in [6.07, 6.45) is 0.0998. The maximum absolute atomic E-state index is 12.0. The standard InChI is InChI=1S/C15H18N2O4/c1-10-4-2-5-11(8-10)13-9-17(15(20)21-13)12(14(16)19)6-3-7-18/h2,4-5,7-8,12-13H,3,6,9H2,1H3,(H2,16,19)/t12?,13-/m1/s1. The summed E-state index contributed by atoms with van der Waals surface area (Å²) < 4.78 is 5.32. The average Bonchev–Trinajstić information content (AvgIpc) is 2.81. The monoisotopic (exact) mass is 290 g/mol. The molecule has 1 aromatic carbocycles. The average molecular weight is 290 g/mol. The predicted octanol–water partition coefficient (Wildman–Crippen LogP) is 1.32. The molecule has 1 unspecified atom stereocenters. The van der Waals surface area contributed by atoms with E-state index in [1.165, 1.54) is 4.90 Å². The van der Waals surface area contributed by atoms with Gasteiger partial charge in [-0.2, -0.15) is 0 Å². The van der Waals surface area contributed by atoms with Crippen molar-refractivity contribution in [1.29, 1.82) is 0 Å². The van der Waals surface area contributed by atoms with Crippen LogP contribution in [-0.4, -0.2) is 35.8 Å². The number of amides is 2. The van der Waals surface area contributed by atoms with Gasteiger partial charge in [-0.3, -0.25) is 9.69 Å². The number of carbonyl (C=O) groups excluding carboxylic acids is 3. The number of aryl methyl sites for hydroxylation is 1. The minimum absolute atomic E-state index is 0.173. The quantitative estimate of drug-likeness (QED) is 0.800. The highest BCUT2D eigenvalue weighted by Gasteiger charge is 2.38. The van der Waals surface area contributed by atoms with Gasteiger partial charge >= 0.3 is 6.09 Å². The van der Waals surface area contributed by atoms with Crippen molar-refractivity contribution in [3.63, 3.8) is 0 Å². The maximum atomic E-state index is 12.0. The summed E-state index contributed by atoms with van der Waals surface area (Å²) in [5.41, 5.74) is 7.27. The van der Waals surface area contributed by atoms with Crippen LogP contribution < -0.4 is 5.73 Å². The third-order valence-electron chi connectivity index (χ3n) is 3.52. The lowest BCUT2D eigenvalue weighted by Gasteiger charge is -2.21. The number of aldehydes is 1. The fraction of sp³-hybridized carbons (Fsp3) is 0.400. The molecule has 0 saturated carbocycles. The molecule has 1 aliphatic heterocycles. The van der Waals surface area contributed by atoms with Crippen molar-refractivity contribution in [1.82, 2.24) is 4.90 Å². The molecule has 2 atom stereocenters. The SMILES string of the molecule is Cc1cccc([C@H]2CN(C(CCC=O)C(N)=O)C(=O)O2)c1. The lowest BCUT2D eigenvalue weighted by Crippen LogP contribution is -2.45. The number of benzene rings is 1. The molecule has 1 aromatic rings. The molecule has 112 valence electrons. The van der Waals surface area contributed by atoms with Crippen molar-refractivity contribution >= 4 is 18.3 Å². The third-order valence-corrected chi connectivity index (χ3v) is 3.52. The number of cyclic esters (lactones) is 1. The van der Waals surface area contributed by atoms with Gasteiger partial charge in [0.15, 0.2) is 0 Å². The van der Waals surface area contributed by atoms with Crippen molar-refractivity contribution < 1.29 is 19.1 Å². The summed E-state index contributed by atoms with van der Waals surface area (Å²) in [6.45, 7) is 2.21. The van der Waals surface area contributed by atoms with E-state index in [2.05, 4.69) is 0 Å². The summed E-state index contributed by atoms with van der Waals surface area (Å²) >= 11 is 0. The van der Waals surface area contributed by atoms with E-state index in [-0.39, 0.29) is 19.4 Å². The van der Waals surface area contributed by atoms with Crippen molar-refractivity contribution in [2.45, 2.75) is 31.9 Å². The first-order chi connectivity index (χ1) is 10.0. The van der Waals surface area contributed by atoms with Gasteiger partial charge in [-0.25, -0.2) is 4.79 Å². The zero-order valence-electron chi connectivity index (χ0n) is 11.8. The largest absolute Gasteiger partial charge is 0.439 e. The van der Waals surface area contributed by atoms with E-state index < -0.39 is 24.1 Å². The van der Waals surface area contributed by atoms with Gasteiger partial charge in [-0.05, 0) is 18.9 Å². The Hall–Kier alpha value is -2.37. The second kappa shape index (κ2) is 6.39. The van der Waals surface area contributed by atoms with Gasteiger partial charge in [0.05, 0.1) is 6.54 Å². The van der Waals surface area contributed by atoms with E-state index in [9.17, 15) is 14.4 Å². The Morgan fingerprint density at radius 2 is 2.33 bits per heavy atom. The normalized spacial score (nSPS) is 19.2. The zero-order valence-corrected chi connectivity index (χ0v) is 11.8. The number of hydrogen-bond acceptors (Lipinski definition) is 4. The second-order valence-corrected chi connectivity index (χ2v) is 5.10. The lowest BCUT2D eigenvalue weighted by atomic mass is 10.1. The minimum Gasteiger partial charge on any atom is -0.439 e. The summed E-state index contributed by atoms with van der Waals surface area (Å²) in [5, 5.41) is 0. The molecule has 1 heterocycles. The molecule has 6 nitrogen and oxygen atoms in total. The Balaban J connectivity index is 2.14. The van der Waals surface area contributed by atoms with Gasteiger partial charge < -0.3 is 15.3 Å². The first kappa shape index (κ1) is 15.0. The number of rotatable bonds is 6. The number of hydrogen-bond donors (Lipinski definition) is 1. The molecule has 0 aromatic heterocycles. The number of nitrogens with two attached hydrogens (primary N) is 1. The summed E-state index contributed by atoms with van der Waals surface area (Å²) in [7, 11) is 0. The van der Waals surface area contributed by atoms with Gasteiger partial charge in [0.1, 0.15) is 18.4 Å². The van der Waals surface area contributed by atoms with E-state index in [1.54, 1.807) is 0 Å². The van der Waals surface area contributed by atoms with Gasteiger partial charge in [-0.15, -0.1) is 0 Å². The smallest absolute Gasteiger partial charge is 0.411 e. The Bertz CT molecular complexity index is 558. The summed E-state index contributed by atoms with van der Waals surface area (Å²) in [4.78, 5) is 35.2. The van der Waals surface area contributed by atoms with E-state index in [4.69, 9.17) is 10.5 Å². The topological polar surface area (TPSA) is 89.7 Å². The first-order valence-corrected chi connectivity index (χ1v) is 6.79. The molecule has 0 aliphatic carbocycles. The lowest BCUT2D eigenvalue weighted by molar-refractivity contribution is -0.122. The number of nitrogens with zero attached hydrogens (tertiary/aromatic N) is 1. The highest BCUT2D eigenvalue weighted by molar-refractivity contribution is 5.85. The number of primary amides is 1. The maximum Gasteiger partial charge on any atom is 0.411 e. The Kier molecular flexibility index (Phi) is 4.57. The number of carbonyl (C=O) groups is 3. The van der Waals surface area contributed by atoms with Gasteiger partial charge in [0, 0.05) is 6.42 Å². The molecule has 2 N–H and O–H groups in total. The van der Waals surface area contributed by atoms with Gasteiger partial charge in [0.2, 0.25) is 5.91 Å². The molecule has 2 rings (SSSR count). The van der Waals surface area contributed by atoms with Gasteiger partial charge in [0.25, 0.3) is 0 Å². The summed E-state index contributed by atoms with van der Waals surface area (Å²) in [6, 6.07) is 6.84. The Morgan fingerprint density at radius 3 is 2.95 bits per heavy atom. The Labute approximate surface area is 122 Å². The molecule has 0 radical (unpaired) electrons. The van der Waals surface area contributed by atoms with Crippen LogP contribution in [-0.2, 0) is 14.3 Å². The van der Waals surface area contributed by atoms with Crippen molar-refractivity contribution in [2.24, 2.45) is 5.73 Å². The molecule has 6 heteroatoms. The fourth-order valence-electron chi connectivity index (χ4n) is 2.46. The van der Waals surface area contributed by atoms with Crippen molar-refractivity contribution in [3.8, 4) is 0 Å².